The zero-order valence-electron chi connectivity index (χ0n) is 16.2. The quantitative estimate of drug-likeness (QED) is 0.550. The lowest BCUT2D eigenvalue weighted by Crippen LogP contribution is -2.13. The third-order valence-electron chi connectivity index (χ3n) is 4.56. The van der Waals surface area contributed by atoms with Crippen LogP contribution in [0, 0.1) is 19.8 Å². The Hall–Kier alpha value is -2.89. The third kappa shape index (κ3) is 4.45. The van der Waals surface area contributed by atoms with Gasteiger partial charge in [-0.3, -0.25) is 4.79 Å². The fourth-order valence-corrected chi connectivity index (χ4v) is 2.99. The molecule has 0 radical (unpaired) electrons. The maximum absolute atomic E-state index is 12.6. The van der Waals surface area contributed by atoms with Gasteiger partial charge in [-0.1, -0.05) is 37.1 Å². The van der Waals surface area contributed by atoms with Crippen molar-refractivity contribution in [2.24, 2.45) is 5.92 Å². The molecule has 0 saturated heterocycles. The fraction of sp³-hybridized carbons (Fsp3) is 0.381. The highest BCUT2D eigenvalue weighted by Gasteiger charge is 2.18. The van der Waals surface area contributed by atoms with Gasteiger partial charge in [-0.25, -0.2) is 0 Å². The molecule has 0 unspecified atom stereocenters. The van der Waals surface area contributed by atoms with Crippen LogP contribution in [-0.2, 0) is 6.54 Å². The van der Waals surface area contributed by atoms with E-state index in [1.165, 1.54) is 0 Å². The van der Waals surface area contributed by atoms with Gasteiger partial charge in [-0.15, -0.1) is 5.10 Å². The van der Waals surface area contributed by atoms with Crippen LogP contribution < -0.4 is 4.74 Å². The van der Waals surface area contributed by atoms with Crippen LogP contribution in [0.3, 0.4) is 0 Å². The average Bonchev–Trinajstić information content (AvgIpc) is 3.24. The topological polar surface area (TPSA) is 70.2 Å². The number of carbonyl (C=O) groups excluding carboxylic acids is 1. The van der Waals surface area contributed by atoms with Crippen molar-refractivity contribution in [1.82, 2.24) is 14.8 Å². The Morgan fingerprint density at radius 3 is 2.63 bits per heavy atom. The normalized spacial score (nSPS) is 11.1. The summed E-state index contributed by atoms with van der Waals surface area (Å²) in [6, 6.07) is 11.3. The highest BCUT2D eigenvalue weighted by molar-refractivity contribution is 5.98. The van der Waals surface area contributed by atoms with E-state index in [4.69, 9.17) is 9.15 Å². The van der Waals surface area contributed by atoms with E-state index >= 15 is 0 Å². The molecule has 27 heavy (non-hydrogen) atoms. The van der Waals surface area contributed by atoms with E-state index in [9.17, 15) is 4.79 Å². The Labute approximate surface area is 159 Å². The lowest BCUT2D eigenvalue weighted by atomic mass is 10.1. The summed E-state index contributed by atoms with van der Waals surface area (Å²) in [7, 11) is 0. The number of ether oxygens (including phenoxy) is 1. The first-order valence-corrected chi connectivity index (χ1v) is 9.17. The van der Waals surface area contributed by atoms with Gasteiger partial charge in [-0.2, -0.15) is 0 Å². The SMILES string of the molecule is Cc1cc(C(=O)COc2nnc(-c3ccccc3)o2)c(C)n1CCC(C)C. The molecule has 3 rings (SSSR count). The molecule has 0 saturated carbocycles. The van der Waals surface area contributed by atoms with Crippen LogP contribution in [0.4, 0.5) is 0 Å². The van der Waals surface area contributed by atoms with Gasteiger partial charge in [0.25, 0.3) is 5.89 Å². The predicted octanol–water partition coefficient (Wildman–Crippen LogP) is 4.46. The van der Waals surface area contributed by atoms with Crippen molar-refractivity contribution in [2.75, 3.05) is 6.61 Å². The molecule has 0 aliphatic carbocycles. The van der Waals surface area contributed by atoms with E-state index in [0.29, 0.717) is 17.4 Å². The maximum Gasteiger partial charge on any atom is 0.415 e. The van der Waals surface area contributed by atoms with Gasteiger partial charge in [0.1, 0.15) is 0 Å². The van der Waals surface area contributed by atoms with Crippen LogP contribution in [0.2, 0.25) is 0 Å². The second kappa shape index (κ2) is 8.20. The summed E-state index contributed by atoms with van der Waals surface area (Å²) < 4.78 is 13.1. The first-order valence-electron chi connectivity index (χ1n) is 9.17. The standard InChI is InChI=1S/C21H25N3O3/c1-14(2)10-11-24-15(3)12-18(16(24)4)19(25)13-26-21-23-22-20(27-21)17-8-6-5-7-9-17/h5-9,12,14H,10-11,13H2,1-4H3. The number of benzene rings is 1. The molecule has 2 heterocycles. The minimum atomic E-state index is -0.134. The maximum atomic E-state index is 12.6. The van der Waals surface area contributed by atoms with Crippen LogP contribution in [0.25, 0.3) is 11.5 Å². The monoisotopic (exact) mass is 367 g/mol. The van der Waals surface area contributed by atoms with E-state index < -0.39 is 0 Å². The van der Waals surface area contributed by atoms with Gasteiger partial charge in [0, 0.05) is 29.1 Å². The van der Waals surface area contributed by atoms with Gasteiger partial charge < -0.3 is 13.7 Å². The van der Waals surface area contributed by atoms with Crippen molar-refractivity contribution >= 4 is 5.78 Å². The number of nitrogens with zero attached hydrogens (tertiary/aromatic N) is 3. The van der Waals surface area contributed by atoms with Crippen molar-refractivity contribution < 1.29 is 13.9 Å². The molecule has 0 N–H and O–H groups in total. The smallest absolute Gasteiger partial charge is 0.415 e. The molecule has 1 aromatic carbocycles. The zero-order chi connectivity index (χ0) is 19.4. The minimum absolute atomic E-state index is 0.00387. The molecule has 142 valence electrons. The molecule has 0 aliphatic rings. The predicted molar refractivity (Wildman–Crippen MR) is 103 cm³/mol. The van der Waals surface area contributed by atoms with Crippen LogP contribution >= 0.6 is 0 Å². The van der Waals surface area contributed by atoms with Crippen LogP contribution in [0.5, 0.6) is 6.08 Å². The van der Waals surface area contributed by atoms with Gasteiger partial charge in [0.15, 0.2) is 6.61 Å². The Morgan fingerprint density at radius 2 is 1.93 bits per heavy atom. The average molecular weight is 367 g/mol. The second-order valence-electron chi connectivity index (χ2n) is 7.07. The van der Waals surface area contributed by atoms with Gasteiger partial charge in [0.05, 0.1) is 0 Å². The molecule has 0 amide bonds. The summed E-state index contributed by atoms with van der Waals surface area (Å²) in [6.07, 6.45) is 1.07. The first kappa shape index (κ1) is 18.9. The van der Waals surface area contributed by atoms with E-state index in [-0.39, 0.29) is 18.5 Å². The molecular formula is C21H25N3O3. The number of Topliss-reactive ketones (excluding diaryl/α,β-unsaturated/α-hetero) is 1. The Kier molecular flexibility index (Phi) is 5.74. The van der Waals surface area contributed by atoms with Gasteiger partial charge in [0.2, 0.25) is 5.78 Å². The molecule has 2 aromatic heterocycles. The third-order valence-corrected chi connectivity index (χ3v) is 4.56. The van der Waals surface area contributed by atoms with E-state index in [0.717, 1.165) is 29.9 Å². The zero-order valence-corrected chi connectivity index (χ0v) is 16.2. The highest BCUT2D eigenvalue weighted by Crippen LogP contribution is 2.21. The van der Waals surface area contributed by atoms with Crippen molar-refractivity contribution in [3.8, 4) is 17.5 Å². The van der Waals surface area contributed by atoms with E-state index in [1.807, 2.05) is 50.2 Å². The Balaban J connectivity index is 1.65. The van der Waals surface area contributed by atoms with Crippen molar-refractivity contribution in [3.63, 3.8) is 0 Å². The van der Waals surface area contributed by atoms with Gasteiger partial charge >= 0.3 is 6.08 Å². The van der Waals surface area contributed by atoms with Crippen LogP contribution in [-0.4, -0.2) is 27.2 Å². The summed E-state index contributed by atoms with van der Waals surface area (Å²) in [4.78, 5) is 12.6. The number of hydrogen-bond donors (Lipinski definition) is 0. The lowest BCUT2D eigenvalue weighted by molar-refractivity contribution is 0.0893. The summed E-state index contributed by atoms with van der Waals surface area (Å²) in [5, 5.41) is 7.81. The molecular weight excluding hydrogens is 342 g/mol. The van der Waals surface area contributed by atoms with Crippen LogP contribution in [0.15, 0.2) is 40.8 Å². The van der Waals surface area contributed by atoms with E-state index in [1.54, 1.807) is 0 Å². The number of ketones is 1. The molecule has 6 nitrogen and oxygen atoms in total. The molecule has 3 aromatic rings. The summed E-state index contributed by atoms with van der Waals surface area (Å²) in [5.74, 6) is 0.883. The molecule has 0 aliphatic heterocycles. The summed E-state index contributed by atoms with van der Waals surface area (Å²) in [5.41, 5.74) is 3.54. The largest absolute Gasteiger partial charge is 0.441 e. The van der Waals surface area contributed by atoms with E-state index in [2.05, 4.69) is 28.6 Å². The summed E-state index contributed by atoms with van der Waals surface area (Å²) in [6.45, 7) is 9.17. The highest BCUT2D eigenvalue weighted by atomic mass is 16.6. The molecule has 0 atom stereocenters. The summed E-state index contributed by atoms with van der Waals surface area (Å²) >= 11 is 0. The minimum Gasteiger partial charge on any atom is -0.441 e. The van der Waals surface area contributed by atoms with Crippen molar-refractivity contribution in [3.05, 3.63) is 53.3 Å². The molecule has 6 heteroatoms. The number of aromatic nitrogens is 3. The van der Waals surface area contributed by atoms with Crippen LogP contribution in [0.1, 0.15) is 42.0 Å². The van der Waals surface area contributed by atoms with Crippen molar-refractivity contribution in [2.45, 2.75) is 40.7 Å². The number of carbonyl (C=O) groups is 1. The number of aryl methyl sites for hydroxylation is 1. The first-order chi connectivity index (χ1) is 13.0. The molecule has 0 bridgehead atoms. The number of rotatable bonds is 8. The number of hydrogen-bond acceptors (Lipinski definition) is 5. The lowest BCUT2D eigenvalue weighted by Gasteiger charge is -2.11. The fourth-order valence-electron chi connectivity index (χ4n) is 2.99. The molecule has 0 spiro atoms. The van der Waals surface area contributed by atoms with Gasteiger partial charge in [-0.05, 0) is 44.4 Å². The van der Waals surface area contributed by atoms with Crippen molar-refractivity contribution in [1.29, 1.82) is 0 Å². The molecule has 0 fully saturated rings. The Morgan fingerprint density at radius 1 is 1.19 bits per heavy atom. The second-order valence-corrected chi connectivity index (χ2v) is 7.07. The Bertz CT molecular complexity index is 910.